The van der Waals surface area contributed by atoms with Crippen molar-refractivity contribution in [2.45, 2.75) is 62.2 Å². The first kappa shape index (κ1) is 17.4. The molecule has 2 unspecified atom stereocenters. The van der Waals surface area contributed by atoms with E-state index in [0.29, 0.717) is 18.3 Å². The number of carbonyl (C=O) groups is 2. The molecule has 0 radical (unpaired) electrons. The van der Waals surface area contributed by atoms with Crippen LogP contribution in [0.25, 0.3) is 0 Å². The van der Waals surface area contributed by atoms with Crippen LogP contribution in [0.2, 0.25) is 0 Å². The molecule has 7 heteroatoms. The highest BCUT2D eigenvalue weighted by atomic mass is 32.2. The van der Waals surface area contributed by atoms with Gasteiger partial charge in [0.15, 0.2) is 0 Å². The average molecular weight is 331 g/mol. The lowest BCUT2D eigenvalue weighted by Gasteiger charge is -2.50. The Labute approximate surface area is 135 Å². The molecule has 2 aliphatic heterocycles. The van der Waals surface area contributed by atoms with Gasteiger partial charge in [0, 0.05) is 24.9 Å². The van der Waals surface area contributed by atoms with Crippen molar-refractivity contribution in [3.8, 4) is 0 Å². The Morgan fingerprint density at radius 1 is 1.41 bits per heavy atom. The van der Waals surface area contributed by atoms with Gasteiger partial charge in [-0.2, -0.15) is 0 Å². The second-order valence-electron chi connectivity index (χ2n) is 7.11. The van der Waals surface area contributed by atoms with Gasteiger partial charge in [0.2, 0.25) is 0 Å². The molecule has 126 valence electrons. The van der Waals surface area contributed by atoms with Gasteiger partial charge in [-0.15, -0.1) is 11.8 Å². The molecular formula is C15H25NO5S. The first-order valence-corrected chi connectivity index (χ1v) is 8.47. The number of thioether (sulfide) groups is 1. The third-order valence-corrected chi connectivity index (χ3v) is 5.62. The number of carboxylic acids is 1. The van der Waals surface area contributed by atoms with Crippen molar-refractivity contribution in [2.24, 2.45) is 0 Å². The van der Waals surface area contributed by atoms with Crippen LogP contribution in [0, 0.1) is 0 Å². The third-order valence-electron chi connectivity index (χ3n) is 3.79. The lowest BCUT2D eigenvalue weighted by molar-refractivity contribution is -0.138. The molecule has 0 bridgehead atoms. The molecule has 2 heterocycles. The van der Waals surface area contributed by atoms with Gasteiger partial charge in [0.05, 0.1) is 17.3 Å². The van der Waals surface area contributed by atoms with Crippen molar-refractivity contribution in [3.63, 3.8) is 0 Å². The highest BCUT2D eigenvalue weighted by Crippen LogP contribution is 2.44. The summed E-state index contributed by atoms with van der Waals surface area (Å²) < 4.78 is 10.5. The molecule has 1 N–H and O–H groups in total. The maximum Gasteiger partial charge on any atom is 0.410 e. The van der Waals surface area contributed by atoms with Crippen molar-refractivity contribution >= 4 is 23.8 Å². The quantitative estimate of drug-likeness (QED) is 0.852. The Morgan fingerprint density at radius 2 is 2.05 bits per heavy atom. The summed E-state index contributed by atoms with van der Waals surface area (Å²) in [6, 6.07) is 0. The molecule has 2 rings (SSSR count). The number of amides is 1. The van der Waals surface area contributed by atoms with E-state index >= 15 is 0 Å². The fourth-order valence-electron chi connectivity index (χ4n) is 2.80. The molecular weight excluding hydrogens is 306 g/mol. The summed E-state index contributed by atoms with van der Waals surface area (Å²) in [5.74, 6) is -0.831. The van der Waals surface area contributed by atoms with Crippen LogP contribution in [0.1, 0.15) is 40.5 Å². The van der Waals surface area contributed by atoms with E-state index in [-0.39, 0.29) is 18.6 Å². The second-order valence-corrected chi connectivity index (χ2v) is 8.82. The van der Waals surface area contributed by atoms with Gasteiger partial charge in [0.25, 0.3) is 0 Å². The van der Waals surface area contributed by atoms with Gasteiger partial charge < -0.3 is 19.5 Å². The number of hydrogen-bond donors (Lipinski definition) is 1. The highest BCUT2D eigenvalue weighted by Gasteiger charge is 2.50. The number of carbonyl (C=O) groups excluding carboxylic acids is 1. The maximum absolute atomic E-state index is 12.0. The number of carboxylic acid groups (broad SMARTS) is 1. The second kappa shape index (κ2) is 6.28. The van der Waals surface area contributed by atoms with Crippen LogP contribution in [0.3, 0.4) is 0 Å². The minimum absolute atomic E-state index is 0.0557. The monoisotopic (exact) mass is 331 g/mol. The minimum atomic E-state index is -0.831. The summed E-state index contributed by atoms with van der Waals surface area (Å²) in [6.07, 6.45) is 0.746. The SMILES string of the molecule is CC1OCCC1SC1(CC(=O)O)CN(C(=O)OC(C)(C)C)C1. The van der Waals surface area contributed by atoms with Crippen molar-refractivity contribution in [1.29, 1.82) is 0 Å². The van der Waals surface area contributed by atoms with Crippen LogP contribution in [-0.2, 0) is 14.3 Å². The normalized spacial score (nSPS) is 27.4. The fraction of sp³-hybridized carbons (Fsp3) is 0.867. The molecule has 0 aliphatic carbocycles. The van der Waals surface area contributed by atoms with Crippen molar-refractivity contribution in [1.82, 2.24) is 4.90 Å². The molecule has 0 aromatic heterocycles. The molecule has 22 heavy (non-hydrogen) atoms. The summed E-state index contributed by atoms with van der Waals surface area (Å²) in [5, 5.41) is 9.48. The Bertz CT molecular complexity index is 442. The first-order valence-electron chi connectivity index (χ1n) is 7.59. The fourth-order valence-corrected chi connectivity index (χ4v) is 4.59. The third kappa shape index (κ3) is 4.29. The number of ether oxygens (including phenoxy) is 2. The van der Waals surface area contributed by atoms with Crippen LogP contribution >= 0.6 is 11.8 Å². The Hall–Kier alpha value is -0.950. The highest BCUT2D eigenvalue weighted by molar-refractivity contribution is 8.01. The Morgan fingerprint density at radius 3 is 2.50 bits per heavy atom. The molecule has 0 saturated carbocycles. The van der Waals surface area contributed by atoms with E-state index in [1.165, 1.54) is 0 Å². The van der Waals surface area contributed by atoms with Crippen molar-refractivity contribution in [3.05, 3.63) is 0 Å². The molecule has 1 amide bonds. The topological polar surface area (TPSA) is 76.1 Å². The van der Waals surface area contributed by atoms with Crippen molar-refractivity contribution in [2.75, 3.05) is 19.7 Å². The van der Waals surface area contributed by atoms with Crippen LogP contribution in [0.15, 0.2) is 0 Å². The molecule has 0 spiro atoms. The van der Waals surface area contributed by atoms with E-state index in [2.05, 4.69) is 0 Å². The van der Waals surface area contributed by atoms with E-state index in [1.54, 1.807) is 16.7 Å². The summed E-state index contributed by atoms with van der Waals surface area (Å²) in [4.78, 5) is 24.8. The lowest BCUT2D eigenvalue weighted by Crippen LogP contribution is -2.63. The van der Waals surface area contributed by atoms with Gasteiger partial charge in [-0.1, -0.05) is 0 Å². The zero-order chi connectivity index (χ0) is 16.5. The standard InChI is InChI=1S/C15H25NO5S/c1-10-11(5-6-20-10)22-15(7-12(17)18)8-16(9-15)13(19)21-14(2,3)4/h10-11H,5-9H2,1-4H3,(H,17,18). The average Bonchev–Trinajstić information content (AvgIpc) is 2.67. The van der Waals surface area contributed by atoms with Gasteiger partial charge in [0.1, 0.15) is 5.60 Å². The van der Waals surface area contributed by atoms with Crippen LogP contribution in [0.4, 0.5) is 4.79 Å². The number of rotatable bonds is 4. The molecule has 2 atom stereocenters. The number of aliphatic carboxylic acids is 1. The summed E-state index contributed by atoms with van der Waals surface area (Å²) in [6.45, 7) is 9.04. The Balaban J connectivity index is 1.96. The number of nitrogens with zero attached hydrogens (tertiary/aromatic N) is 1. The molecule has 2 aliphatic rings. The van der Waals surface area contributed by atoms with E-state index in [9.17, 15) is 14.7 Å². The maximum atomic E-state index is 12.0. The van der Waals surface area contributed by atoms with E-state index < -0.39 is 16.3 Å². The largest absolute Gasteiger partial charge is 0.481 e. The molecule has 2 saturated heterocycles. The van der Waals surface area contributed by atoms with Crippen molar-refractivity contribution < 1.29 is 24.2 Å². The summed E-state index contributed by atoms with van der Waals surface area (Å²) in [5.41, 5.74) is -0.539. The van der Waals surface area contributed by atoms with Crippen LogP contribution in [-0.4, -0.2) is 63.5 Å². The van der Waals surface area contributed by atoms with Gasteiger partial charge >= 0.3 is 12.1 Å². The minimum Gasteiger partial charge on any atom is -0.481 e. The first-order chi connectivity index (χ1) is 10.1. The van der Waals surface area contributed by atoms with Gasteiger partial charge in [-0.25, -0.2) is 4.79 Å². The summed E-state index contributed by atoms with van der Waals surface area (Å²) in [7, 11) is 0. The molecule has 6 nitrogen and oxygen atoms in total. The zero-order valence-electron chi connectivity index (χ0n) is 13.6. The van der Waals surface area contributed by atoms with Crippen LogP contribution < -0.4 is 0 Å². The van der Waals surface area contributed by atoms with Crippen LogP contribution in [0.5, 0.6) is 0 Å². The van der Waals surface area contributed by atoms with Gasteiger partial charge in [-0.05, 0) is 34.1 Å². The molecule has 0 aromatic carbocycles. The molecule has 0 aromatic rings. The number of hydrogen-bond acceptors (Lipinski definition) is 5. The van der Waals surface area contributed by atoms with E-state index in [0.717, 1.165) is 13.0 Å². The van der Waals surface area contributed by atoms with Gasteiger partial charge in [-0.3, -0.25) is 4.79 Å². The number of likely N-dealkylation sites (tertiary alicyclic amines) is 1. The molecule has 2 fully saturated rings. The lowest BCUT2D eigenvalue weighted by atomic mass is 9.95. The summed E-state index contributed by atoms with van der Waals surface area (Å²) >= 11 is 1.66. The predicted octanol–water partition coefficient (Wildman–Crippen LogP) is 2.36. The Kier molecular flexibility index (Phi) is 4.96. The zero-order valence-corrected chi connectivity index (χ0v) is 14.4. The predicted molar refractivity (Wildman–Crippen MR) is 84.2 cm³/mol. The smallest absolute Gasteiger partial charge is 0.410 e. The van der Waals surface area contributed by atoms with E-state index in [4.69, 9.17) is 9.47 Å². The van der Waals surface area contributed by atoms with E-state index in [1.807, 2.05) is 27.7 Å².